The van der Waals surface area contributed by atoms with Gasteiger partial charge in [0.2, 0.25) is 0 Å². The Hall–Kier alpha value is -0.410. The van der Waals surface area contributed by atoms with Crippen molar-refractivity contribution in [1.82, 2.24) is 5.32 Å². The van der Waals surface area contributed by atoms with Crippen molar-refractivity contribution in [2.45, 2.75) is 84.9 Å². The van der Waals surface area contributed by atoms with E-state index >= 15 is 0 Å². The van der Waals surface area contributed by atoms with Crippen LogP contribution in [-0.2, 0) is 9.53 Å². The normalized spacial score (nSPS) is 25.4. The summed E-state index contributed by atoms with van der Waals surface area (Å²) in [6, 6.07) is 0.376. The van der Waals surface area contributed by atoms with Crippen LogP contribution in [0, 0.1) is 5.41 Å². The van der Waals surface area contributed by atoms with Gasteiger partial charge in [0.25, 0.3) is 0 Å². The first-order valence-electron chi connectivity index (χ1n) is 7.52. The van der Waals surface area contributed by atoms with Gasteiger partial charge in [-0.05, 0) is 33.6 Å². The van der Waals surface area contributed by atoms with Gasteiger partial charge in [-0.2, -0.15) is 0 Å². The van der Waals surface area contributed by atoms with Gasteiger partial charge in [0.1, 0.15) is 6.61 Å². The molecule has 19 heavy (non-hydrogen) atoms. The number of ketones is 1. The number of hydrogen-bond acceptors (Lipinski definition) is 3. The fraction of sp³-hybridized carbons (Fsp3) is 0.938. The molecule has 3 heteroatoms. The van der Waals surface area contributed by atoms with Gasteiger partial charge in [0, 0.05) is 17.0 Å². The molecule has 0 spiro atoms. The van der Waals surface area contributed by atoms with E-state index in [1.165, 1.54) is 12.8 Å². The monoisotopic (exact) mass is 269 g/mol. The van der Waals surface area contributed by atoms with Gasteiger partial charge < -0.3 is 10.1 Å². The standard InChI is InChI=1S/C16H31NO2/c1-15(2,3)14(18)11-19-13-10-8-7-9-12(13)17-16(4,5)6/h12-13,17H,7-11H2,1-6H3. The Labute approximate surface area is 118 Å². The van der Waals surface area contributed by atoms with Crippen LogP contribution in [0.5, 0.6) is 0 Å². The molecule has 1 rings (SSSR count). The molecule has 0 aromatic rings. The fourth-order valence-corrected chi connectivity index (χ4v) is 2.42. The maximum Gasteiger partial charge on any atom is 0.163 e. The molecule has 0 amide bonds. The van der Waals surface area contributed by atoms with Gasteiger partial charge in [-0.1, -0.05) is 33.6 Å². The van der Waals surface area contributed by atoms with Gasteiger partial charge in [-0.25, -0.2) is 0 Å². The summed E-state index contributed by atoms with van der Waals surface area (Å²) < 4.78 is 5.92. The topological polar surface area (TPSA) is 38.3 Å². The molecule has 2 atom stereocenters. The zero-order valence-corrected chi connectivity index (χ0v) is 13.5. The van der Waals surface area contributed by atoms with Crippen molar-refractivity contribution in [2.24, 2.45) is 5.41 Å². The molecule has 0 aromatic carbocycles. The molecule has 0 heterocycles. The summed E-state index contributed by atoms with van der Waals surface area (Å²) in [6.45, 7) is 12.6. The maximum absolute atomic E-state index is 12.0. The van der Waals surface area contributed by atoms with Crippen molar-refractivity contribution in [3.63, 3.8) is 0 Å². The second kappa shape index (κ2) is 6.36. The zero-order valence-electron chi connectivity index (χ0n) is 13.5. The largest absolute Gasteiger partial charge is 0.369 e. The van der Waals surface area contributed by atoms with Crippen LogP contribution < -0.4 is 5.32 Å². The average Bonchev–Trinajstić information content (AvgIpc) is 2.24. The van der Waals surface area contributed by atoms with E-state index in [0.29, 0.717) is 6.04 Å². The van der Waals surface area contributed by atoms with E-state index in [2.05, 4.69) is 26.1 Å². The van der Waals surface area contributed by atoms with Gasteiger partial charge >= 0.3 is 0 Å². The highest BCUT2D eigenvalue weighted by Crippen LogP contribution is 2.24. The van der Waals surface area contributed by atoms with Crippen LogP contribution in [0.2, 0.25) is 0 Å². The summed E-state index contributed by atoms with van der Waals surface area (Å²) in [4.78, 5) is 12.0. The highest BCUT2D eigenvalue weighted by Gasteiger charge is 2.30. The predicted octanol–water partition coefficient (Wildman–Crippen LogP) is 3.32. The minimum atomic E-state index is -0.304. The minimum absolute atomic E-state index is 0.0949. The lowest BCUT2D eigenvalue weighted by Gasteiger charge is -2.37. The molecule has 1 aliphatic rings. The van der Waals surface area contributed by atoms with Crippen LogP contribution in [0.4, 0.5) is 0 Å². The van der Waals surface area contributed by atoms with Crippen molar-refractivity contribution < 1.29 is 9.53 Å². The van der Waals surface area contributed by atoms with Gasteiger partial charge in [0.15, 0.2) is 5.78 Å². The first kappa shape index (κ1) is 16.6. The third-order valence-electron chi connectivity index (χ3n) is 3.59. The minimum Gasteiger partial charge on any atom is -0.369 e. The molecule has 0 bridgehead atoms. The second-order valence-corrected chi connectivity index (χ2v) is 7.81. The van der Waals surface area contributed by atoms with E-state index in [-0.39, 0.29) is 29.4 Å². The van der Waals surface area contributed by atoms with Crippen molar-refractivity contribution in [1.29, 1.82) is 0 Å². The molecule has 0 radical (unpaired) electrons. The lowest BCUT2D eigenvalue weighted by molar-refractivity contribution is -0.134. The van der Waals surface area contributed by atoms with E-state index in [0.717, 1.165) is 12.8 Å². The van der Waals surface area contributed by atoms with E-state index in [9.17, 15) is 4.79 Å². The molecule has 0 aromatic heterocycles. The summed E-state index contributed by atoms with van der Waals surface area (Å²) in [5, 5.41) is 3.63. The number of carbonyl (C=O) groups excluding carboxylic acids is 1. The summed E-state index contributed by atoms with van der Waals surface area (Å²) in [6.07, 6.45) is 4.84. The number of rotatable bonds is 4. The van der Waals surface area contributed by atoms with E-state index in [1.807, 2.05) is 20.8 Å². The smallest absolute Gasteiger partial charge is 0.163 e. The van der Waals surface area contributed by atoms with Crippen LogP contribution in [-0.4, -0.2) is 30.1 Å². The van der Waals surface area contributed by atoms with Gasteiger partial charge in [0.05, 0.1) is 6.10 Å². The summed E-state index contributed by atoms with van der Waals surface area (Å²) >= 11 is 0. The molecule has 1 aliphatic carbocycles. The quantitative estimate of drug-likeness (QED) is 0.851. The van der Waals surface area contributed by atoms with Crippen LogP contribution in [0.15, 0.2) is 0 Å². The number of nitrogens with one attached hydrogen (secondary N) is 1. The highest BCUT2D eigenvalue weighted by atomic mass is 16.5. The predicted molar refractivity (Wildman–Crippen MR) is 79.3 cm³/mol. The molecule has 1 saturated carbocycles. The average molecular weight is 269 g/mol. The molecule has 0 aliphatic heterocycles. The number of hydrogen-bond donors (Lipinski definition) is 1. The first-order valence-corrected chi connectivity index (χ1v) is 7.52. The Morgan fingerprint density at radius 1 is 1.11 bits per heavy atom. The van der Waals surface area contributed by atoms with Crippen LogP contribution in [0.3, 0.4) is 0 Å². The van der Waals surface area contributed by atoms with Crippen molar-refractivity contribution in [2.75, 3.05) is 6.61 Å². The molecule has 2 unspecified atom stereocenters. The molecular weight excluding hydrogens is 238 g/mol. The molecule has 3 nitrogen and oxygen atoms in total. The SMILES string of the molecule is CC(C)(C)NC1CCCCC1OCC(=O)C(C)(C)C. The third kappa shape index (κ3) is 6.05. The second-order valence-electron chi connectivity index (χ2n) is 7.81. The molecular formula is C16H31NO2. The number of Topliss-reactive ketones (excluding diaryl/α,β-unsaturated/α-hetero) is 1. The Morgan fingerprint density at radius 3 is 2.21 bits per heavy atom. The van der Waals surface area contributed by atoms with Crippen molar-refractivity contribution in [3.8, 4) is 0 Å². The number of ether oxygens (including phenoxy) is 1. The van der Waals surface area contributed by atoms with Gasteiger partial charge in [-0.15, -0.1) is 0 Å². The Bertz CT molecular complexity index is 299. The van der Waals surface area contributed by atoms with Crippen LogP contribution >= 0.6 is 0 Å². The van der Waals surface area contributed by atoms with Gasteiger partial charge in [-0.3, -0.25) is 4.79 Å². The van der Waals surface area contributed by atoms with E-state index < -0.39 is 0 Å². The maximum atomic E-state index is 12.0. The molecule has 112 valence electrons. The Kier molecular flexibility index (Phi) is 5.57. The van der Waals surface area contributed by atoms with Crippen molar-refractivity contribution >= 4 is 5.78 Å². The highest BCUT2D eigenvalue weighted by molar-refractivity contribution is 5.84. The zero-order chi connectivity index (χ0) is 14.7. The lowest BCUT2D eigenvalue weighted by atomic mass is 9.89. The molecule has 0 saturated heterocycles. The summed E-state index contributed by atoms with van der Waals surface area (Å²) in [5.74, 6) is 0.188. The van der Waals surface area contributed by atoms with Crippen molar-refractivity contribution in [3.05, 3.63) is 0 Å². The fourth-order valence-electron chi connectivity index (χ4n) is 2.42. The lowest BCUT2D eigenvalue weighted by Crippen LogP contribution is -2.51. The molecule has 1 fully saturated rings. The summed E-state index contributed by atoms with van der Waals surface area (Å²) in [7, 11) is 0. The van der Waals surface area contributed by atoms with E-state index in [4.69, 9.17) is 4.74 Å². The Balaban J connectivity index is 2.51. The van der Waals surface area contributed by atoms with Crippen LogP contribution in [0.1, 0.15) is 67.2 Å². The Morgan fingerprint density at radius 2 is 1.68 bits per heavy atom. The summed E-state index contributed by atoms with van der Waals surface area (Å²) in [5.41, 5.74) is -0.209. The van der Waals surface area contributed by atoms with E-state index in [1.54, 1.807) is 0 Å². The molecule has 1 N–H and O–H groups in total. The van der Waals surface area contributed by atoms with Crippen LogP contribution in [0.25, 0.3) is 0 Å². The first-order chi connectivity index (χ1) is 8.59. The number of carbonyl (C=O) groups is 1. The third-order valence-corrected chi connectivity index (χ3v) is 3.59.